The smallest absolute Gasteiger partial charge is 0.412 e. The topological polar surface area (TPSA) is 75.6 Å². The molecule has 1 unspecified atom stereocenters. The number of carboxylic acid groups (broad SMARTS) is 1. The molecule has 1 aliphatic carbocycles. The van der Waals surface area contributed by atoms with Gasteiger partial charge in [0.25, 0.3) is 0 Å². The molecule has 0 spiro atoms. The Labute approximate surface area is 138 Å². The van der Waals surface area contributed by atoms with Crippen LogP contribution in [0.1, 0.15) is 32.8 Å². The molecule has 0 aliphatic heterocycles. The van der Waals surface area contributed by atoms with Gasteiger partial charge in [-0.3, -0.25) is 10.1 Å². The van der Waals surface area contributed by atoms with E-state index >= 15 is 0 Å². The van der Waals surface area contributed by atoms with Gasteiger partial charge in [-0.2, -0.15) is 0 Å². The van der Waals surface area contributed by atoms with Crippen molar-refractivity contribution in [2.24, 2.45) is 0 Å². The maximum Gasteiger partial charge on any atom is 0.412 e. The zero-order valence-electron chi connectivity index (χ0n) is 12.4. The summed E-state index contributed by atoms with van der Waals surface area (Å²) >= 11 is 12.0. The number of halogens is 2. The van der Waals surface area contributed by atoms with Gasteiger partial charge in [0.2, 0.25) is 0 Å². The molecule has 1 aromatic carbocycles. The van der Waals surface area contributed by atoms with Crippen molar-refractivity contribution in [2.45, 2.75) is 42.5 Å². The van der Waals surface area contributed by atoms with E-state index in [4.69, 9.17) is 27.9 Å². The first-order valence-electron chi connectivity index (χ1n) is 6.70. The molecule has 0 heterocycles. The summed E-state index contributed by atoms with van der Waals surface area (Å²) in [6.45, 7) is 5.29. The maximum absolute atomic E-state index is 11.7. The van der Waals surface area contributed by atoms with Gasteiger partial charge < -0.3 is 9.84 Å². The summed E-state index contributed by atoms with van der Waals surface area (Å²) in [5.74, 6) is -1.06. The molecule has 0 radical (unpaired) electrons. The molecule has 7 heteroatoms. The standard InChI is InChI=1S/C15H17Cl2NO4/c1-13(2,3)22-12(21)18-10-6-4-9(5-7-10)14(11(19)20)8-15(14,16)17/h4-7H,8H2,1-3H3,(H,18,21)(H,19,20). The second-order valence-electron chi connectivity index (χ2n) is 6.30. The number of carbonyl (C=O) groups is 2. The Morgan fingerprint density at radius 3 is 2.09 bits per heavy atom. The lowest BCUT2D eigenvalue weighted by Gasteiger charge is -2.20. The molecule has 120 valence electrons. The number of anilines is 1. The van der Waals surface area contributed by atoms with Crippen molar-refractivity contribution >= 4 is 41.0 Å². The highest BCUT2D eigenvalue weighted by Crippen LogP contribution is 2.65. The Kier molecular flexibility index (Phi) is 4.09. The molecule has 0 aromatic heterocycles. The van der Waals surface area contributed by atoms with Gasteiger partial charge in [-0.25, -0.2) is 4.79 Å². The van der Waals surface area contributed by atoms with E-state index < -0.39 is 27.4 Å². The fourth-order valence-electron chi connectivity index (χ4n) is 2.22. The van der Waals surface area contributed by atoms with Crippen molar-refractivity contribution in [1.29, 1.82) is 0 Å². The van der Waals surface area contributed by atoms with Crippen molar-refractivity contribution in [2.75, 3.05) is 5.32 Å². The Hall–Kier alpha value is -1.46. The molecule has 1 saturated carbocycles. The number of carboxylic acids is 1. The largest absolute Gasteiger partial charge is 0.480 e. The number of ether oxygens (including phenoxy) is 1. The third kappa shape index (κ3) is 3.15. The summed E-state index contributed by atoms with van der Waals surface area (Å²) in [6, 6.07) is 6.36. The van der Waals surface area contributed by atoms with E-state index in [-0.39, 0.29) is 6.42 Å². The number of amides is 1. The van der Waals surface area contributed by atoms with Gasteiger partial charge in [-0.15, -0.1) is 0 Å². The number of nitrogens with one attached hydrogen (secondary N) is 1. The van der Waals surface area contributed by atoms with Gasteiger partial charge in [0, 0.05) is 12.1 Å². The number of benzene rings is 1. The van der Waals surface area contributed by atoms with Gasteiger partial charge in [-0.05, 0) is 38.5 Å². The molecule has 0 saturated heterocycles. The molecule has 22 heavy (non-hydrogen) atoms. The Bertz CT molecular complexity index is 607. The van der Waals surface area contributed by atoms with Crippen molar-refractivity contribution in [1.82, 2.24) is 0 Å². The number of carbonyl (C=O) groups excluding carboxylic acids is 1. The fraction of sp³-hybridized carbons (Fsp3) is 0.467. The third-order valence-electron chi connectivity index (χ3n) is 3.37. The van der Waals surface area contributed by atoms with Gasteiger partial charge in [-0.1, -0.05) is 35.3 Å². The summed E-state index contributed by atoms with van der Waals surface area (Å²) in [4.78, 5) is 23.1. The Balaban J connectivity index is 2.12. The molecule has 1 atom stereocenters. The number of aliphatic carboxylic acids is 1. The van der Waals surface area contributed by atoms with Gasteiger partial charge >= 0.3 is 12.1 Å². The van der Waals surface area contributed by atoms with Gasteiger partial charge in [0.15, 0.2) is 0 Å². The van der Waals surface area contributed by atoms with Crippen LogP contribution in [0, 0.1) is 0 Å². The lowest BCUT2D eigenvalue weighted by Crippen LogP contribution is -2.27. The van der Waals surface area contributed by atoms with Gasteiger partial charge in [0.1, 0.15) is 15.3 Å². The summed E-state index contributed by atoms with van der Waals surface area (Å²) in [5, 5.41) is 11.9. The molecule has 0 bridgehead atoms. The summed E-state index contributed by atoms with van der Waals surface area (Å²) in [5.41, 5.74) is -0.892. The summed E-state index contributed by atoms with van der Waals surface area (Å²) in [6.07, 6.45) is -0.430. The second-order valence-corrected chi connectivity index (χ2v) is 7.78. The van der Waals surface area contributed by atoms with Gasteiger partial charge in [0.05, 0.1) is 0 Å². The number of hydrogen-bond donors (Lipinski definition) is 2. The van der Waals surface area contributed by atoms with E-state index in [0.717, 1.165) is 0 Å². The predicted octanol–water partition coefficient (Wildman–Crippen LogP) is 3.93. The maximum atomic E-state index is 11.7. The minimum absolute atomic E-state index is 0.150. The number of hydrogen-bond acceptors (Lipinski definition) is 3. The SMILES string of the molecule is CC(C)(C)OC(=O)Nc1ccc(C2(C(=O)O)CC2(Cl)Cl)cc1. The van der Waals surface area contributed by atoms with Crippen LogP contribution in [0.5, 0.6) is 0 Å². The quantitative estimate of drug-likeness (QED) is 0.813. The first-order valence-corrected chi connectivity index (χ1v) is 7.45. The lowest BCUT2D eigenvalue weighted by atomic mass is 9.96. The van der Waals surface area contributed by atoms with Crippen LogP contribution in [0.3, 0.4) is 0 Å². The number of alkyl halides is 2. The van der Waals surface area contributed by atoms with Crippen molar-refractivity contribution in [3.63, 3.8) is 0 Å². The predicted molar refractivity (Wildman–Crippen MR) is 84.7 cm³/mol. The van der Waals surface area contributed by atoms with Crippen LogP contribution in [0.25, 0.3) is 0 Å². The monoisotopic (exact) mass is 345 g/mol. The minimum atomic E-state index is -1.31. The highest BCUT2D eigenvalue weighted by atomic mass is 35.5. The van der Waals surface area contributed by atoms with Crippen LogP contribution in [0.4, 0.5) is 10.5 Å². The molecule has 1 aliphatic rings. The Morgan fingerprint density at radius 1 is 1.23 bits per heavy atom. The zero-order valence-corrected chi connectivity index (χ0v) is 14.0. The van der Waals surface area contributed by atoms with E-state index in [1.807, 2.05) is 0 Å². The first kappa shape index (κ1) is 16.9. The van der Waals surface area contributed by atoms with E-state index in [2.05, 4.69) is 5.32 Å². The highest BCUT2D eigenvalue weighted by Gasteiger charge is 2.72. The van der Waals surface area contributed by atoms with E-state index in [1.165, 1.54) is 0 Å². The molecule has 2 rings (SSSR count). The average molecular weight is 346 g/mol. The highest BCUT2D eigenvalue weighted by molar-refractivity contribution is 6.54. The summed E-state index contributed by atoms with van der Waals surface area (Å²) < 4.78 is 3.83. The molecule has 1 fully saturated rings. The molecule has 1 amide bonds. The average Bonchev–Trinajstić information content (AvgIpc) is 2.92. The van der Waals surface area contributed by atoms with Crippen molar-refractivity contribution in [3.05, 3.63) is 29.8 Å². The lowest BCUT2D eigenvalue weighted by molar-refractivity contribution is -0.140. The first-order chi connectivity index (χ1) is 9.98. The second kappa shape index (κ2) is 5.32. The van der Waals surface area contributed by atoms with Crippen LogP contribution in [0.2, 0.25) is 0 Å². The van der Waals surface area contributed by atoms with E-state index in [9.17, 15) is 14.7 Å². The van der Waals surface area contributed by atoms with Crippen LogP contribution in [-0.4, -0.2) is 27.1 Å². The van der Waals surface area contributed by atoms with Crippen LogP contribution >= 0.6 is 23.2 Å². The van der Waals surface area contributed by atoms with Crippen LogP contribution < -0.4 is 5.32 Å². The van der Waals surface area contributed by atoms with Crippen LogP contribution in [-0.2, 0) is 14.9 Å². The van der Waals surface area contributed by atoms with E-state index in [0.29, 0.717) is 11.3 Å². The molecule has 5 nitrogen and oxygen atoms in total. The fourth-order valence-corrected chi connectivity index (χ4v) is 3.00. The normalized spacial score (nSPS) is 22.8. The van der Waals surface area contributed by atoms with E-state index in [1.54, 1.807) is 45.0 Å². The number of rotatable bonds is 3. The van der Waals surface area contributed by atoms with Crippen molar-refractivity contribution in [3.8, 4) is 0 Å². The van der Waals surface area contributed by atoms with Crippen LogP contribution in [0.15, 0.2) is 24.3 Å². The minimum Gasteiger partial charge on any atom is -0.480 e. The third-order valence-corrected chi connectivity index (χ3v) is 4.29. The zero-order chi connectivity index (χ0) is 16.8. The molecular weight excluding hydrogens is 329 g/mol. The molecular formula is C15H17Cl2NO4. The van der Waals surface area contributed by atoms with Crippen molar-refractivity contribution < 1.29 is 19.4 Å². The Morgan fingerprint density at radius 2 is 1.73 bits per heavy atom. The molecule has 1 aromatic rings. The summed E-state index contributed by atoms with van der Waals surface area (Å²) in [7, 11) is 0. The molecule has 2 N–H and O–H groups in total.